The molecule has 124 valence electrons. The van der Waals surface area contributed by atoms with Crippen LogP contribution in [-0.4, -0.2) is 66.2 Å². The fourth-order valence-electron chi connectivity index (χ4n) is 4.44. The highest BCUT2D eigenvalue weighted by molar-refractivity contribution is 6.25. The van der Waals surface area contributed by atoms with E-state index in [1.165, 1.54) is 0 Å². The number of hydrogen-bond donors (Lipinski definition) is 2. The smallest absolute Gasteiger partial charge is 0.226 e. The summed E-state index contributed by atoms with van der Waals surface area (Å²) in [7, 11) is 1.56. The van der Waals surface area contributed by atoms with Crippen LogP contribution in [0, 0.1) is 5.92 Å². The molecule has 0 saturated carbocycles. The van der Waals surface area contributed by atoms with Gasteiger partial charge < -0.3 is 24.8 Å². The van der Waals surface area contributed by atoms with Crippen LogP contribution in [0.4, 0.5) is 0 Å². The highest BCUT2D eigenvalue weighted by Crippen LogP contribution is 2.55. The molecular weight excluding hydrogens is 300 g/mol. The Morgan fingerprint density at radius 2 is 2.13 bits per heavy atom. The van der Waals surface area contributed by atoms with Gasteiger partial charge in [0, 0.05) is 30.8 Å². The first-order valence-corrected chi connectivity index (χ1v) is 7.89. The van der Waals surface area contributed by atoms with E-state index in [9.17, 15) is 14.7 Å². The van der Waals surface area contributed by atoms with Crippen molar-refractivity contribution < 1.29 is 24.2 Å². The number of allylic oxidation sites excluding steroid dienone is 2. The molecule has 23 heavy (non-hydrogen) atoms. The largest absolute Gasteiger partial charge is 0.489 e. The van der Waals surface area contributed by atoms with Gasteiger partial charge in [-0.1, -0.05) is 0 Å². The van der Waals surface area contributed by atoms with Gasteiger partial charge in [-0.25, -0.2) is 0 Å². The van der Waals surface area contributed by atoms with Crippen LogP contribution in [-0.2, 0) is 19.1 Å². The van der Waals surface area contributed by atoms with Crippen molar-refractivity contribution in [3.05, 3.63) is 22.6 Å². The standard InChI is InChI=1S/C16H20N2O5/c1-4-23-14-7(2)12(20)11-10(13(14)21)8(6-19)16(22-3)15-9(17-15)5-18(11)16/h8-9,15,17,19H,4-6H2,1-3H3. The minimum absolute atomic E-state index is 0.0201. The van der Waals surface area contributed by atoms with Crippen LogP contribution in [0.5, 0.6) is 0 Å². The molecule has 2 N–H and O–H groups in total. The van der Waals surface area contributed by atoms with E-state index in [0.717, 1.165) is 0 Å². The van der Waals surface area contributed by atoms with E-state index in [4.69, 9.17) is 9.47 Å². The third kappa shape index (κ3) is 1.55. The number of hydrogen-bond acceptors (Lipinski definition) is 7. The third-order valence-electron chi connectivity index (χ3n) is 5.45. The summed E-state index contributed by atoms with van der Waals surface area (Å²) in [5.74, 6) is -0.974. The quantitative estimate of drug-likeness (QED) is 0.523. The van der Waals surface area contributed by atoms with Gasteiger partial charge in [0.2, 0.25) is 11.6 Å². The van der Waals surface area contributed by atoms with Crippen LogP contribution in [0.15, 0.2) is 22.6 Å². The van der Waals surface area contributed by atoms with E-state index in [2.05, 4.69) is 5.32 Å². The van der Waals surface area contributed by atoms with Crippen molar-refractivity contribution in [1.82, 2.24) is 10.2 Å². The summed E-state index contributed by atoms with van der Waals surface area (Å²) in [6, 6.07) is 0.255. The molecule has 0 amide bonds. The molecule has 3 heterocycles. The van der Waals surface area contributed by atoms with Gasteiger partial charge in [-0.2, -0.15) is 0 Å². The zero-order chi connectivity index (χ0) is 16.5. The molecule has 0 bridgehead atoms. The van der Waals surface area contributed by atoms with Crippen molar-refractivity contribution in [1.29, 1.82) is 0 Å². The molecule has 2 saturated heterocycles. The predicted octanol–water partition coefficient (Wildman–Crippen LogP) is -0.676. The monoisotopic (exact) mass is 320 g/mol. The molecule has 1 aliphatic carbocycles. The minimum atomic E-state index is -0.864. The summed E-state index contributed by atoms with van der Waals surface area (Å²) in [5, 5.41) is 13.3. The van der Waals surface area contributed by atoms with Crippen LogP contribution in [0.2, 0.25) is 0 Å². The Morgan fingerprint density at radius 1 is 1.39 bits per heavy atom. The second-order valence-electron chi connectivity index (χ2n) is 6.36. The molecule has 4 atom stereocenters. The van der Waals surface area contributed by atoms with Gasteiger partial charge in [-0.15, -0.1) is 0 Å². The summed E-state index contributed by atoms with van der Waals surface area (Å²) in [4.78, 5) is 27.7. The minimum Gasteiger partial charge on any atom is -0.489 e. The Labute approximate surface area is 133 Å². The predicted molar refractivity (Wildman–Crippen MR) is 79.1 cm³/mol. The molecule has 0 aromatic carbocycles. The van der Waals surface area contributed by atoms with Gasteiger partial charge in [0.05, 0.1) is 30.9 Å². The van der Waals surface area contributed by atoms with Crippen molar-refractivity contribution >= 4 is 11.6 Å². The normalized spacial score (nSPS) is 38.1. The Bertz CT molecular complexity index is 682. The Kier molecular flexibility index (Phi) is 3.01. The van der Waals surface area contributed by atoms with Crippen LogP contribution in [0.1, 0.15) is 13.8 Å². The number of carbonyl (C=O) groups excluding carboxylic acids is 2. The molecule has 7 heteroatoms. The zero-order valence-electron chi connectivity index (χ0n) is 13.4. The fourth-order valence-corrected chi connectivity index (χ4v) is 4.44. The van der Waals surface area contributed by atoms with E-state index in [0.29, 0.717) is 30.0 Å². The number of aliphatic hydroxyl groups is 1. The first kappa shape index (κ1) is 14.9. The van der Waals surface area contributed by atoms with Crippen LogP contribution < -0.4 is 5.32 Å². The van der Waals surface area contributed by atoms with Gasteiger partial charge in [-0.05, 0) is 13.8 Å². The molecule has 4 rings (SSSR count). The number of rotatable bonds is 4. The van der Waals surface area contributed by atoms with Gasteiger partial charge in [0.15, 0.2) is 11.5 Å². The molecule has 0 spiro atoms. The van der Waals surface area contributed by atoms with Crippen molar-refractivity contribution in [2.75, 3.05) is 26.9 Å². The van der Waals surface area contributed by atoms with Crippen molar-refractivity contribution in [3.63, 3.8) is 0 Å². The number of nitrogens with zero attached hydrogens (tertiary/aromatic N) is 1. The number of Topliss-reactive ketones (excluding diaryl/α,β-unsaturated/α-hetero) is 2. The molecule has 4 unspecified atom stereocenters. The van der Waals surface area contributed by atoms with Crippen molar-refractivity contribution in [2.24, 2.45) is 5.92 Å². The summed E-state index contributed by atoms with van der Waals surface area (Å²) in [6.07, 6.45) is 0. The number of nitrogens with one attached hydrogen (secondary N) is 1. The molecule has 3 aliphatic heterocycles. The summed E-state index contributed by atoms with van der Waals surface area (Å²) in [6.45, 7) is 4.04. The average Bonchev–Trinajstić information content (AvgIpc) is 3.15. The maximum Gasteiger partial charge on any atom is 0.226 e. The molecule has 4 aliphatic rings. The Morgan fingerprint density at radius 3 is 2.74 bits per heavy atom. The van der Waals surface area contributed by atoms with Gasteiger partial charge in [0.1, 0.15) is 0 Å². The lowest BCUT2D eigenvalue weighted by Gasteiger charge is -2.39. The maximum atomic E-state index is 12.9. The second kappa shape index (κ2) is 4.66. The van der Waals surface area contributed by atoms with Crippen LogP contribution in [0.25, 0.3) is 0 Å². The summed E-state index contributed by atoms with van der Waals surface area (Å²) < 4.78 is 11.2. The van der Waals surface area contributed by atoms with Crippen molar-refractivity contribution in [3.8, 4) is 0 Å². The average molecular weight is 320 g/mol. The van der Waals surface area contributed by atoms with E-state index < -0.39 is 11.6 Å². The van der Waals surface area contributed by atoms with E-state index in [1.807, 2.05) is 4.90 Å². The lowest BCUT2D eigenvalue weighted by Crippen LogP contribution is -2.54. The lowest BCUT2D eigenvalue weighted by molar-refractivity contribution is -0.137. The number of fused-ring (bicyclic) bond motifs is 4. The number of ether oxygens (including phenoxy) is 2. The Hall–Kier alpha value is -1.70. The SMILES string of the molecule is CCOC1=C(C)C(=O)C2=C(C1=O)C(CO)C1(OC)C3NC3CN21. The molecule has 0 aromatic rings. The topological polar surface area (TPSA) is 98.0 Å². The zero-order valence-corrected chi connectivity index (χ0v) is 13.4. The van der Waals surface area contributed by atoms with E-state index in [1.54, 1.807) is 21.0 Å². The third-order valence-corrected chi connectivity index (χ3v) is 5.45. The van der Waals surface area contributed by atoms with Gasteiger partial charge in [-0.3, -0.25) is 9.59 Å². The molecular formula is C16H20N2O5. The molecule has 7 nitrogen and oxygen atoms in total. The van der Waals surface area contributed by atoms with Crippen LogP contribution in [0.3, 0.4) is 0 Å². The number of carbonyl (C=O) groups is 2. The molecule has 0 aromatic heterocycles. The number of ketones is 2. The lowest BCUT2D eigenvalue weighted by atomic mass is 9.83. The van der Waals surface area contributed by atoms with E-state index >= 15 is 0 Å². The number of aliphatic hydroxyl groups excluding tert-OH is 1. The maximum absolute atomic E-state index is 12.9. The summed E-state index contributed by atoms with van der Waals surface area (Å²) in [5.41, 5.74) is 0.177. The molecule has 2 fully saturated rings. The van der Waals surface area contributed by atoms with Gasteiger partial charge >= 0.3 is 0 Å². The highest BCUT2D eigenvalue weighted by Gasteiger charge is 2.72. The van der Waals surface area contributed by atoms with Gasteiger partial charge in [0.25, 0.3) is 0 Å². The van der Waals surface area contributed by atoms with E-state index in [-0.39, 0.29) is 36.0 Å². The first-order chi connectivity index (χ1) is 11.0. The summed E-state index contributed by atoms with van der Waals surface area (Å²) >= 11 is 0. The number of methoxy groups -OCH3 is 1. The highest BCUT2D eigenvalue weighted by atomic mass is 16.5. The second-order valence-corrected chi connectivity index (χ2v) is 6.36. The fraction of sp³-hybridized carbons (Fsp3) is 0.625. The Balaban J connectivity index is 1.86. The first-order valence-electron chi connectivity index (χ1n) is 7.89. The number of piperazine rings is 1. The van der Waals surface area contributed by atoms with Crippen molar-refractivity contribution in [2.45, 2.75) is 31.7 Å². The molecule has 0 radical (unpaired) electrons. The van der Waals surface area contributed by atoms with Crippen LogP contribution >= 0.6 is 0 Å².